The summed E-state index contributed by atoms with van der Waals surface area (Å²) in [6.07, 6.45) is 3.75. The number of methoxy groups -OCH3 is 1. The maximum absolute atomic E-state index is 11.9. The largest absolute Gasteiger partial charge is 0.496 e. The molecule has 2 aliphatic rings. The first-order valence-electron chi connectivity index (χ1n) is 5.36. The van der Waals surface area contributed by atoms with Gasteiger partial charge >= 0.3 is 0 Å². The van der Waals surface area contributed by atoms with Gasteiger partial charge in [0, 0.05) is 13.0 Å². The molecular weight excluding hydrogens is 190 g/mol. The summed E-state index contributed by atoms with van der Waals surface area (Å²) in [5.41, 5.74) is 7.55. The van der Waals surface area contributed by atoms with E-state index in [9.17, 15) is 4.79 Å². The Bertz CT molecular complexity index is 355. The lowest BCUT2D eigenvalue weighted by Gasteiger charge is -2.13. The van der Waals surface area contributed by atoms with Gasteiger partial charge in [0.1, 0.15) is 5.76 Å². The van der Waals surface area contributed by atoms with E-state index < -0.39 is 0 Å². The number of fused-ring (bicyclic) bond motifs is 1. The molecule has 2 rings (SSSR count). The van der Waals surface area contributed by atoms with Gasteiger partial charge in [0.25, 0.3) is 0 Å². The molecule has 0 saturated heterocycles. The summed E-state index contributed by atoms with van der Waals surface area (Å²) in [6.45, 7) is 2.37. The number of Topliss-reactive ketones (excluding diaryl/α,β-unsaturated/α-hetero) is 1. The topological polar surface area (TPSA) is 52.3 Å². The normalized spacial score (nSPS) is 38.6. The summed E-state index contributed by atoms with van der Waals surface area (Å²) in [5.74, 6) is 1.96. The molecule has 2 aliphatic carbocycles. The molecule has 3 heteroatoms. The number of rotatable bonds is 2. The molecule has 0 aliphatic heterocycles. The molecular formula is C12H17NO2. The molecule has 82 valence electrons. The minimum atomic E-state index is 0.158. The van der Waals surface area contributed by atoms with Crippen LogP contribution in [0, 0.1) is 11.8 Å². The molecule has 3 nitrogen and oxygen atoms in total. The smallest absolute Gasteiger partial charge is 0.164 e. The number of ether oxygens (including phenoxy) is 1. The van der Waals surface area contributed by atoms with Gasteiger partial charge in [-0.3, -0.25) is 4.79 Å². The van der Waals surface area contributed by atoms with Gasteiger partial charge in [0.05, 0.1) is 12.7 Å². The van der Waals surface area contributed by atoms with Crippen LogP contribution in [-0.2, 0) is 9.53 Å². The van der Waals surface area contributed by atoms with Crippen molar-refractivity contribution in [3.05, 3.63) is 23.0 Å². The Hall–Kier alpha value is -1.09. The predicted molar refractivity (Wildman–Crippen MR) is 58.1 cm³/mol. The van der Waals surface area contributed by atoms with Crippen molar-refractivity contribution >= 4 is 5.78 Å². The predicted octanol–water partition coefficient (Wildman–Crippen LogP) is 1.40. The van der Waals surface area contributed by atoms with E-state index >= 15 is 0 Å². The van der Waals surface area contributed by atoms with E-state index in [1.807, 2.05) is 6.08 Å². The molecule has 2 N–H and O–H groups in total. The molecule has 0 aromatic rings. The van der Waals surface area contributed by atoms with E-state index in [1.165, 1.54) is 5.57 Å². The molecule has 0 aromatic heterocycles. The van der Waals surface area contributed by atoms with E-state index in [2.05, 4.69) is 6.92 Å². The van der Waals surface area contributed by atoms with Gasteiger partial charge in [0.15, 0.2) is 5.78 Å². The van der Waals surface area contributed by atoms with E-state index in [0.29, 0.717) is 29.6 Å². The highest BCUT2D eigenvalue weighted by Crippen LogP contribution is 2.48. The van der Waals surface area contributed by atoms with E-state index in [4.69, 9.17) is 10.5 Å². The van der Waals surface area contributed by atoms with E-state index in [0.717, 1.165) is 6.42 Å². The first-order chi connectivity index (χ1) is 7.17. The Morgan fingerprint density at radius 2 is 2.33 bits per heavy atom. The fourth-order valence-corrected chi connectivity index (χ4v) is 2.33. The molecule has 1 unspecified atom stereocenters. The standard InChI is InChI=1S/C12H17NO2/c1-7-3-12(15-2)10(6-13)11(14)5-8-4-9(7)8/h3,8-9H,4-6,13H2,1-2H3/b7-3-,12-10+/t8-,9?/m1/s1. The SMILES string of the molecule is COC1=C(\CN)C(=O)C[C@H]2CC2/C(C)=C\1. The number of carbonyl (C=O) groups is 1. The zero-order valence-corrected chi connectivity index (χ0v) is 9.25. The van der Waals surface area contributed by atoms with Crippen molar-refractivity contribution in [1.29, 1.82) is 0 Å². The van der Waals surface area contributed by atoms with Crippen LogP contribution in [-0.4, -0.2) is 19.4 Å². The van der Waals surface area contributed by atoms with Crippen molar-refractivity contribution in [1.82, 2.24) is 0 Å². The van der Waals surface area contributed by atoms with Crippen molar-refractivity contribution < 1.29 is 9.53 Å². The van der Waals surface area contributed by atoms with Crippen LogP contribution >= 0.6 is 0 Å². The Morgan fingerprint density at radius 3 is 2.93 bits per heavy atom. The maximum Gasteiger partial charge on any atom is 0.164 e. The van der Waals surface area contributed by atoms with Crippen LogP contribution in [0.4, 0.5) is 0 Å². The lowest BCUT2D eigenvalue weighted by atomic mass is 9.98. The van der Waals surface area contributed by atoms with Crippen LogP contribution in [0.15, 0.2) is 23.0 Å². The highest BCUT2D eigenvalue weighted by molar-refractivity contribution is 5.97. The number of hydrogen-bond acceptors (Lipinski definition) is 3. The van der Waals surface area contributed by atoms with Gasteiger partial charge in [-0.2, -0.15) is 0 Å². The van der Waals surface area contributed by atoms with Gasteiger partial charge < -0.3 is 10.5 Å². The number of ketones is 1. The molecule has 0 radical (unpaired) electrons. The first-order valence-corrected chi connectivity index (χ1v) is 5.36. The third-order valence-corrected chi connectivity index (χ3v) is 3.37. The second-order valence-corrected chi connectivity index (χ2v) is 4.37. The summed E-state index contributed by atoms with van der Waals surface area (Å²) in [5, 5.41) is 0. The summed E-state index contributed by atoms with van der Waals surface area (Å²) in [6, 6.07) is 0. The third-order valence-electron chi connectivity index (χ3n) is 3.37. The van der Waals surface area contributed by atoms with Crippen molar-refractivity contribution in [2.75, 3.05) is 13.7 Å². The molecule has 0 amide bonds. The number of allylic oxidation sites excluding steroid dienone is 2. The molecule has 0 heterocycles. The third kappa shape index (κ3) is 1.84. The number of hydrogen-bond donors (Lipinski definition) is 1. The Morgan fingerprint density at radius 1 is 1.60 bits per heavy atom. The van der Waals surface area contributed by atoms with E-state index in [-0.39, 0.29) is 12.3 Å². The summed E-state index contributed by atoms with van der Waals surface area (Å²) in [7, 11) is 1.59. The number of carbonyl (C=O) groups excluding carboxylic acids is 1. The molecule has 0 aromatic carbocycles. The van der Waals surface area contributed by atoms with Gasteiger partial charge in [-0.05, 0) is 31.3 Å². The average Bonchev–Trinajstić information content (AvgIpc) is 2.94. The van der Waals surface area contributed by atoms with E-state index in [1.54, 1.807) is 7.11 Å². The highest BCUT2D eigenvalue weighted by Gasteiger charge is 2.41. The molecule has 1 fully saturated rings. The van der Waals surface area contributed by atoms with Crippen LogP contribution < -0.4 is 5.73 Å². The van der Waals surface area contributed by atoms with Crippen LogP contribution in [0.1, 0.15) is 19.8 Å². The molecule has 0 spiro atoms. The van der Waals surface area contributed by atoms with Crippen molar-refractivity contribution in [3.8, 4) is 0 Å². The van der Waals surface area contributed by atoms with Crippen molar-refractivity contribution in [2.24, 2.45) is 17.6 Å². The van der Waals surface area contributed by atoms with Gasteiger partial charge in [-0.25, -0.2) is 0 Å². The van der Waals surface area contributed by atoms with Crippen LogP contribution in [0.2, 0.25) is 0 Å². The highest BCUT2D eigenvalue weighted by atomic mass is 16.5. The summed E-state index contributed by atoms with van der Waals surface area (Å²) in [4.78, 5) is 11.9. The van der Waals surface area contributed by atoms with Gasteiger partial charge in [-0.15, -0.1) is 0 Å². The van der Waals surface area contributed by atoms with Gasteiger partial charge in [-0.1, -0.05) is 5.57 Å². The summed E-state index contributed by atoms with van der Waals surface area (Å²) >= 11 is 0. The first kappa shape index (κ1) is 10.4. The maximum atomic E-state index is 11.9. The van der Waals surface area contributed by atoms with Crippen LogP contribution in [0.3, 0.4) is 0 Å². The Labute approximate surface area is 90.0 Å². The number of nitrogens with two attached hydrogens (primary N) is 1. The fraction of sp³-hybridized carbons (Fsp3) is 0.583. The Kier molecular flexibility index (Phi) is 2.65. The quantitative estimate of drug-likeness (QED) is 0.744. The lowest BCUT2D eigenvalue weighted by molar-refractivity contribution is -0.116. The zero-order valence-electron chi connectivity index (χ0n) is 9.25. The zero-order chi connectivity index (χ0) is 11.0. The Balaban J connectivity index is 2.39. The van der Waals surface area contributed by atoms with Crippen molar-refractivity contribution in [3.63, 3.8) is 0 Å². The minimum absolute atomic E-state index is 0.158. The van der Waals surface area contributed by atoms with Crippen molar-refractivity contribution in [2.45, 2.75) is 19.8 Å². The second kappa shape index (κ2) is 3.81. The second-order valence-electron chi connectivity index (χ2n) is 4.37. The molecule has 15 heavy (non-hydrogen) atoms. The summed E-state index contributed by atoms with van der Waals surface area (Å²) < 4.78 is 5.24. The average molecular weight is 207 g/mol. The molecule has 0 bridgehead atoms. The molecule has 1 saturated carbocycles. The molecule has 2 atom stereocenters. The fourth-order valence-electron chi connectivity index (χ4n) is 2.33. The lowest BCUT2D eigenvalue weighted by Crippen LogP contribution is -2.17. The minimum Gasteiger partial charge on any atom is -0.496 e. The van der Waals surface area contributed by atoms with Gasteiger partial charge in [0.2, 0.25) is 0 Å². The van der Waals surface area contributed by atoms with Crippen LogP contribution in [0.25, 0.3) is 0 Å². The monoisotopic (exact) mass is 207 g/mol. The van der Waals surface area contributed by atoms with Crippen LogP contribution in [0.5, 0.6) is 0 Å².